The molecule has 92 valence electrons. The van der Waals surface area contributed by atoms with E-state index < -0.39 is 0 Å². The van der Waals surface area contributed by atoms with Crippen LogP contribution in [0.5, 0.6) is 5.75 Å². The van der Waals surface area contributed by atoms with Gasteiger partial charge in [-0.3, -0.25) is 0 Å². The Kier molecular flexibility index (Phi) is 4.21. The van der Waals surface area contributed by atoms with E-state index in [4.69, 9.17) is 10.5 Å². The maximum Gasteiger partial charge on any atom is 0.122 e. The zero-order valence-corrected chi connectivity index (χ0v) is 10.3. The van der Waals surface area contributed by atoms with E-state index in [0.29, 0.717) is 5.92 Å². The van der Waals surface area contributed by atoms with Gasteiger partial charge in [-0.15, -0.1) is 6.58 Å². The van der Waals surface area contributed by atoms with Crippen molar-refractivity contribution in [2.24, 2.45) is 11.7 Å². The Hall–Kier alpha value is -1.28. The van der Waals surface area contributed by atoms with Crippen molar-refractivity contribution in [2.45, 2.75) is 31.7 Å². The molecule has 2 heteroatoms. The number of benzene rings is 1. The standard InChI is InChI=1S/C15H21NO/c1-2-3-4-8-14(16)13-10-12-7-5-6-9-15(12)17-11-13/h2,5-7,9,13-14H,1,3-4,8,10-11,16H2. The van der Waals surface area contributed by atoms with E-state index in [1.54, 1.807) is 0 Å². The van der Waals surface area contributed by atoms with Crippen molar-refractivity contribution in [3.8, 4) is 5.75 Å². The van der Waals surface area contributed by atoms with Crippen LogP contribution in [0.1, 0.15) is 24.8 Å². The van der Waals surface area contributed by atoms with Gasteiger partial charge in [-0.1, -0.05) is 24.3 Å². The van der Waals surface area contributed by atoms with Gasteiger partial charge in [-0.25, -0.2) is 0 Å². The molecule has 0 aromatic heterocycles. The zero-order valence-electron chi connectivity index (χ0n) is 10.3. The van der Waals surface area contributed by atoms with Crippen LogP contribution in [-0.4, -0.2) is 12.6 Å². The monoisotopic (exact) mass is 231 g/mol. The average molecular weight is 231 g/mol. The fraction of sp³-hybridized carbons (Fsp3) is 0.467. The van der Waals surface area contributed by atoms with E-state index in [1.165, 1.54) is 5.56 Å². The van der Waals surface area contributed by atoms with Gasteiger partial charge in [0.05, 0.1) is 6.61 Å². The first-order chi connectivity index (χ1) is 8.31. The van der Waals surface area contributed by atoms with E-state index in [9.17, 15) is 0 Å². The molecule has 0 amide bonds. The van der Waals surface area contributed by atoms with Crippen molar-refractivity contribution in [3.05, 3.63) is 42.5 Å². The van der Waals surface area contributed by atoms with Crippen molar-refractivity contribution in [1.29, 1.82) is 0 Å². The number of nitrogens with two attached hydrogens (primary N) is 1. The number of unbranched alkanes of at least 4 members (excludes halogenated alkanes) is 1. The molecule has 1 heterocycles. The second kappa shape index (κ2) is 5.87. The van der Waals surface area contributed by atoms with Gasteiger partial charge in [0.25, 0.3) is 0 Å². The summed E-state index contributed by atoms with van der Waals surface area (Å²) < 4.78 is 5.76. The number of hydrogen-bond acceptors (Lipinski definition) is 2. The number of allylic oxidation sites excluding steroid dienone is 1. The van der Waals surface area contributed by atoms with Crippen LogP contribution in [0.4, 0.5) is 0 Å². The largest absolute Gasteiger partial charge is 0.493 e. The molecular formula is C15H21NO. The van der Waals surface area contributed by atoms with Gasteiger partial charge in [-0.2, -0.15) is 0 Å². The first-order valence-corrected chi connectivity index (χ1v) is 6.38. The normalized spacial score (nSPS) is 20.2. The van der Waals surface area contributed by atoms with Crippen molar-refractivity contribution >= 4 is 0 Å². The lowest BCUT2D eigenvalue weighted by Gasteiger charge is -2.29. The molecule has 2 atom stereocenters. The molecule has 1 aliphatic rings. The predicted molar refractivity (Wildman–Crippen MR) is 71.2 cm³/mol. The minimum absolute atomic E-state index is 0.239. The molecular weight excluding hydrogens is 210 g/mol. The third-order valence-corrected chi connectivity index (χ3v) is 3.46. The number of fused-ring (bicyclic) bond motifs is 1. The third kappa shape index (κ3) is 3.10. The van der Waals surface area contributed by atoms with Crippen LogP contribution in [-0.2, 0) is 6.42 Å². The number of ether oxygens (including phenoxy) is 1. The van der Waals surface area contributed by atoms with Crippen molar-refractivity contribution in [2.75, 3.05) is 6.61 Å². The molecule has 0 radical (unpaired) electrons. The number of hydrogen-bond donors (Lipinski definition) is 1. The molecule has 0 spiro atoms. The average Bonchev–Trinajstić information content (AvgIpc) is 2.38. The van der Waals surface area contributed by atoms with Crippen molar-refractivity contribution in [3.63, 3.8) is 0 Å². The number of para-hydroxylation sites is 1. The highest BCUT2D eigenvalue weighted by molar-refractivity contribution is 5.35. The van der Waals surface area contributed by atoms with Crippen LogP contribution in [0.15, 0.2) is 36.9 Å². The van der Waals surface area contributed by atoms with Gasteiger partial charge in [0.2, 0.25) is 0 Å². The highest BCUT2D eigenvalue weighted by Gasteiger charge is 2.24. The lowest BCUT2D eigenvalue weighted by Crippen LogP contribution is -2.37. The minimum Gasteiger partial charge on any atom is -0.493 e. The Morgan fingerprint density at radius 2 is 2.29 bits per heavy atom. The Labute approximate surface area is 103 Å². The minimum atomic E-state index is 0.239. The maximum atomic E-state index is 6.23. The Bertz CT molecular complexity index is 375. The molecule has 1 aromatic rings. The van der Waals surface area contributed by atoms with Gasteiger partial charge in [-0.05, 0) is 37.3 Å². The molecule has 1 aromatic carbocycles. The van der Waals surface area contributed by atoms with Crippen LogP contribution in [0.25, 0.3) is 0 Å². The van der Waals surface area contributed by atoms with E-state index in [-0.39, 0.29) is 6.04 Å². The summed E-state index contributed by atoms with van der Waals surface area (Å²) >= 11 is 0. The lowest BCUT2D eigenvalue weighted by atomic mass is 9.88. The quantitative estimate of drug-likeness (QED) is 0.624. The van der Waals surface area contributed by atoms with Crippen molar-refractivity contribution in [1.82, 2.24) is 0 Å². The first-order valence-electron chi connectivity index (χ1n) is 6.38. The first kappa shape index (κ1) is 12.2. The zero-order chi connectivity index (χ0) is 12.1. The van der Waals surface area contributed by atoms with Crippen LogP contribution in [0, 0.1) is 5.92 Å². The van der Waals surface area contributed by atoms with Crippen molar-refractivity contribution < 1.29 is 4.74 Å². The highest BCUT2D eigenvalue weighted by atomic mass is 16.5. The summed E-state index contributed by atoms with van der Waals surface area (Å²) in [4.78, 5) is 0. The molecule has 0 fully saturated rings. The summed E-state index contributed by atoms with van der Waals surface area (Å²) in [6, 6.07) is 8.49. The summed E-state index contributed by atoms with van der Waals surface area (Å²) in [6.07, 6.45) is 6.24. The van der Waals surface area contributed by atoms with E-state index in [0.717, 1.165) is 38.0 Å². The topological polar surface area (TPSA) is 35.2 Å². The smallest absolute Gasteiger partial charge is 0.122 e. The van der Waals surface area contributed by atoms with Gasteiger partial charge < -0.3 is 10.5 Å². The molecule has 2 nitrogen and oxygen atoms in total. The molecule has 1 aliphatic heterocycles. The SMILES string of the molecule is C=CCCCC(N)C1COc2ccccc2C1. The van der Waals surface area contributed by atoms with Gasteiger partial charge in [0.15, 0.2) is 0 Å². The Balaban J connectivity index is 1.90. The van der Waals surface area contributed by atoms with Crippen LogP contribution >= 0.6 is 0 Å². The van der Waals surface area contributed by atoms with Crippen LogP contribution in [0.3, 0.4) is 0 Å². The summed E-state index contributed by atoms with van der Waals surface area (Å²) in [6.45, 7) is 4.49. The Morgan fingerprint density at radius 1 is 1.47 bits per heavy atom. The lowest BCUT2D eigenvalue weighted by molar-refractivity contribution is 0.194. The molecule has 2 rings (SSSR count). The molecule has 0 aliphatic carbocycles. The van der Waals surface area contributed by atoms with E-state index in [2.05, 4.69) is 18.7 Å². The summed E-state index contributed by atoms with van der Waals surface area (Å²) in [5.41, 5.74) is 7.53. The number of rotatable bonds is 5. The van der Waals surface area contributed by atoms with Gasteiger partial charge >= 0.3 is 0 Å². The fourth-order valence-corrected chi connectivity index (χ4v) is 2.36. The van der Waals surface area contributed by atoms with Crippen LogP contribution in [0.2, 0.25) is 0 Å². The van der Waals surface area contributed by atoms with E-state index >= 15 is 0 Å². The fourth-order valence-electron chi connectivity index (χ4n) is 2.36. The molecule has 17 heavy (non-hydrogen) atoms. The highest BCUT2D eigenvalue weighted by Crippen LogP contribution is 2.28. The van der Waals surface area contributed by atoms with Crippen LogP contribution < -0.4 is 10.5 Å². The summed E-state index contributed by atoms with van der Waals surface area (Å²) in [5.74, 6) is 1.48. The van der Waals surface area contributed by atoms with Gasteiger partial charge in [0.1, 0.15) is 5.75 Å². The molecule has 0 bridgehead atoms. The summed E-state index contributed by atoms with van der Waals surface area (Å²) in [5, 5.41) is 0. The molecule has 0 saturated carbocycles. The second-order valence-corrected chi connectivity index (χ2v) is 4.77. The third-order valence-electron chi connectivity index (χ3n) is 3.46. The molecule has 2 N–H and O–H groups in total. The summed E-state index contributed by atoms with van der Waals surface area (Å²) in [7, 11) is 0. The Morgan fingerprint density at radius 3 is 3.12 bits per heavy atom. The second-order valence-electron chi connectivity index (χ2n) is 4.77. The van der Waals surface area contributed by atoms with Gasteiger partial charge in [0, 0.05) is 12.0 Å². The predicted octanol–water partition coefficient (Wildman–Crippen LogP) is 2.92. The molecule has 0 saturated heterocycles. The maximum absolute atomic E-state index is 6.23. The molecule has 2 unspecified atom stereocenters. The van der Waals surface area contributed by atoms with E-state index in [1.807, 2.05) is 18.2 Å².